The molecule has 1 fully saturated rings. The van der Waals surface area contributed by atoms with Gasteiger partial charge in [-0.25, -0.2) is 4.79 Å². The molecule has 0 aromatic carbocycles. The highest BCUT2D eigenvalue weighted by molar-refractivity contribution is 7.86. The number of alkyl carbamates (subject to hydrolysis) is 1. The lowest BCUT2D eigenvalue weighted by atomic mass is 9.93. The molecule has 1 saturated heterocycles. The fraction of sp³-hybridized carbons (Fsp3) is 0.750. The van der Waals surface area contributed by atoms with Gasteiger partial charge in [0.25, 0.3) is 10.2 Å². The number of likely N-dealkylation sites (N-methyl/N-ethyl adjacent to an activating group) is 1. The summed E-state index contributed by atoms with van der Waals surface area (Å²) in [6.45, 7) is 8.83. The van der Waals surface area contributed by atoms with Crippen LogP contribution in [0.25, 0.3) is 10.4 Å². The van der Waals surface area contributed by atoms with Crippen molar-refractivity contribution in [2.75, 3.05) is 33.2 Å². The van der Waals surface area contributed by atoms with Gasteiger partial charge in [0.15, 0.2) is 0 Å². The van der Waals surface area contributed by atoms with Gasteiger partial charge in [-0.1, -0.05) is 6.08 Å². The number of carbonyl (C=O) groups excluding carboxylic acids is 2. The number of nitrogens with zero attached hydrogens (tertiary/aromatic N) is 5. The lowest BCUT2D eigenvalue weighted by Crippen LogP contribution is -2.44. The molecule has 12 nitrogen and oxygen atoms in total. The second-order valence-corrected chi connectivity index (χ2v) is 9.58. The summed E-state index contributed by atoms with van der Waals surface area (Å²) in [5, 5.41) is 5.28. The molecule has 1 N–H and O–H groups in total. The Balaban J connectivity index is 2.72. The minimum absolute atomic E-state index is 0.0119. The van der Waals surface area contributed by atoms with E-state index in [0.717, 1.165) is 8.61 Å². The van der Waals surface area contributed by atoms with Gasteiger partial charge in [0.1, 0.15) is 10.9 Å². The maximum Gasteiger partial charge on any atom is 0.407 e. The molecule has 0 saturated carbocycles. The van der Waals surface area contributed by atoms with Crippen molar-refractivity contribution in [2.24, 2.45) is 17.1 Å². The minimum Gasteiger partial charge on any atom is -0.444 e. The molecule has 13 heteroatoms. The number of carbonyl (C=O) groups is 2. The lowest BCUT2D eigenvalue weighted by molar-refractivity contribution is -0.149. The lowest BCUT2D eigenvalue weighted by Gasteiger charge is -2.24. The second kappa shape index (κ2) is 10.4. The number of rotatable bonds is 9. The molecule has 1 amide bonds. The molecule has 0 aromatic rings. The summed E-state index contributed by atoms with van der Waals surface area (Å²) >= 11 is 0. The topological polar surface area (TPSA) is 154 Å². The average Bonchev–Trinajstić information content (AvgIpc) is 3.03. The normalized spacial score (nSPS) is 20.0. The van der Waals surface area contributed by atoms with Crippen LogP contribution in [0.4, 0.5) is 4.79 Å². The van der Waals surface area contributed by atoms with Crippen molar-refractivity contribution in [3.63, 3.8) is 0 Å². The van der Waals surface area contributed by atoms with Crippen molar-refractivity contribution in [3.05, 3.63) is 23.1 Å². The largest absolute Gasteiger partial charge is 0.444 e. The average molecular weight is 433 g/mol. The molecule has 0 aromatic heterocycles. The third kappa shape index (κ3) is 7.54. The van der Waals surface area contributed by atoms with E-state index in [1.165, 1.54) is 7.05 Å². The molecule has 1 aliphatic heterocycles. The molecular formula is C16H28N6O6S. The van der Waals surface area contributed by atoms with Gasteiger partial charge in [0, 0.05) is 38.1 Å². The van der Waals surface area contributed by atoms with Crippen molar-refractivity contribution in [2.45, 2.75) is 32.8 Å². The second-order valence-electron chi connectivity index (χ2n) is 7.55. The Hall–Kier alpha value is -2.34. The van der Waals surface area contributed by atoms with Crippen LogP contribution in [0.1, 0.15) is 27.2 Å². The van der Waals surface area contributed by atoms with Crippen LogP contribution in [0.15, 0.2) is 17.9 Å². The standard InChI is InChI=1S/C16H28N6O6S/c1-6-7-12-10-22(11-13(12)14(23)28-20-19-17)29(25,26)21(5)9-8-18-15(24)27-16(2,3)4/h6,12-13H,1,7-11H2,2-5H3,(H,18,24)/t12-,13+/m1/s1. The first-order valence-electron chi connectivity index (χ1n) is 8.96. The highest BCUT2D eigenvalue weighted by Crippen LogP contribution is 2.30. The quantitative estimate of drug-likeness (QED) is 0.192. The molecule has 1 aliphatic rings. The van der Waals surface area contributed by atoms with Crippen LogP contribution in [-0.2, 0) is 24.6 Å². The zero-order valence-corrected chi connectivity index (χ0v) is 17.9. The molecule has 0 radical (unpaired) electrons. The number of nitrogens with one attached hydrogen (secondary N) is 1. The minimum atomic E-state index is -3.88. The zero-order chi connectivity index (χ0) is 22.2. The van der Waals surface area contributed by atoms with E-state index in [1.807, 2.05) is 0 Å². The summed E-state index contributed by atoms with van der Waals surface area (Å²) in [7, 11) is -2.51. The van der Waals surface area contributed by atoms with Crippen LogP contribution in [0.5, 0.6) is 0 Å². The van der Waals surface area contributed by atoms with E-state index >= 15 is 0 Å². The number of hydrogen-bond acceptors (Lipinski definition) is 7. The van der Waals surface area contributed by atoms with Crippen LogP contribution < -0.4 is 5.32 Å². The molecule has 0 unspecified atom stereocenters. The van der Waals surface area contributed by atoms with E-state index in [1.54, 1.807) is 26.8 Å². The van der Waals surface area contributed by atoms with E-state index in [-0.39, 0.29) is 32.1 Å². The molecule has 164 valence electrons. The van der Waals surface area contributed by atoms with Gasteiger partial charge < -0.3 is 14.9 Å². The number of hydrogen-bond donors (Lipinski definition) is 1. The van der Waals surface area contributed by atoms with E-state index in [0.29, 0.717) is 6.42 Å². The Morgan fingerprint density at radius 1 is 1.41 bits per heavy atom. The summed E-state index contributed by atoms with van der Waals surface area (Å²) in [5.41, 5.74) is 7.62. The van der Waals surface area contributed by atoms with E-state index in [4.69, 9.17) is 10.3 Å². The predicted molar refractivity (Wildman–Crippen MR) is 104 cm³/mol. The Kier molecular flexibility index (Phi) is 8.89. The third-order valence-electron chi connectivity index (χ3n) is 4.16. The van der Waals surface area contributed by atoms with Crippen LogP contribution in [0, 0.1) is 11.8 Å². The van der Waals surface area contributed by atoms with Crippen LogP contribution in [0.3, 0.4) is 0 Å². The summed E-state index contributed by atoms with van der Waals surface area (Å²) in [6.07, 6.45) is 1.34. The summed E-state index contributed by atoms with van der Waals surface area (Å²) in [4.78, 5) is 30.5. The fourth-order valence-electron chi connectivity index (χ4n) is 2.81. The van der Waals surface area contributed by atoms with Gasteiger partial charge in [-0.05, 0) is 38.6 Å². The molecular weight excluding hydrogens is 404 g/mol. The first kappa shape index (κ1) is 24.7. The van der Waals surface area contributed by atoms with Gasteiger partial charge in [0.2, 0.25) is 0 Å². The van der Waals surface area contributed by atoms with Gasteiger partial charge >= 0.3 is 12.1 Å². The van der Waals surface area contributed by atoms with Gasteiger partial charge in [0.05, 0.1) is 5.92 Å². The van der Waals surface area contributed by atoms with Crippen molar-refractivity contribution >= 4 is 22.3 Å². The summed E-state index contributed by atoms with van der Waals surface area (Å²) < 4.78 is 33.0. The maximum absolute atomic E-state index is 12.8. The molecule has 1 heterocycles. The van der Waals surface area contributed by atoms with Gasteiger partial charge in [-0.3, -0.25) is 4.79 Å². The van der Waals surface area contributed by atoms with Crippen molar-refractivity contribution in [3.8, 4) is 0 Å². The summed E-state index contributed by atoms with van der Waals surface area (Å²) in [5.74, 6) is -1.92. The monoisotopic (exact) mass is 432 g/mol. The SMILES string of the molecule is C=CC[C@@H]1CN(S(=O)(=O)N(C)CCNC(=O)OC(C)(C)C)C[C@@H]1C(=O)ON=[N+]=[N-]. The van der Waals surface area contributed by atoms with Crippen molar-refractivity contribution in [1.82, 2.24) is 13.9 Å². The Morgan fingerprint density at radius 2 is 2.07 bits per heavy atom. The number of ether oxygens (including phenoxy) is 1. The number of amides is 1. The molecule has 0 aliphatic carbocycles. The highest BCUT2D eigenvalue weighted by Gasteiger charge is 2.43. The van der Waals surface area contributed by atoms with E-state index in [9.17, 15) is 18.0 Å². The number of azide groups is 1. The summed E-state index contributed by atoms with van der Waals surface area (Å²) in [6, 6.07) is 0. The Bertz CT molecular complexity index is 758. The van der Waals surface area contributed by atoms with E-state index < -0.39 is 33.8 Å². The Labute approximate surface area is 170 Å². The molecule has 0 bridgehead atoms. The van der Waals surface area contributed by atoms with Crippen LogP contribution >= 0.6 is 0 Å². The Morgan fingerprint density at radius 3 is 2.62 bits per heavy atom. The van der Waals surface area contributed by atoms with Crippen molar-refractivity contribution < 1.29 is 27.6 Å². The maximum atomic E-state index is 12.8. The number of allylic oxidation sites excluding steroid dienone is 1. The van der Waals surface area contributed by atoms with Crippen LogP contribution in [0.2, 0.25) is 0 Å². The third-order valence-corrected chi connectivity index (χ3v) is 6.08. The molecule has 0 spiro atoms. The highest BCUT2D eigenvalue weighted by atomic mass is 32.2. The first-order valence-corrected chi connectivity index (χ1v) is 10.4. The van der Waals surface area contributed by atoms with Crippen molar-refractivity contribution in [1.29, 1.82) is 0 Å². The molecule has 1 rings (SSSR count). The zero-order valence-electron chi connectivity index (χ0n) is 17.1. The first-order chi connectivity index (χ1) is 13.4. The molecule has 2 atom stereocenters. The van der Waals surface area contributed by atoms with Gasteiger partial charge in [-0.2, -0.15) is 17.0 Å². The van der Waals surface area contributed by atoms with E-state index in [2.05, 4.69) is 26.9 Å². The van der Waals surface area contributed by atoms with Crippen LogP contribution in [-0.4, -0.2) is 67.9 Å². The molecule has 29 heavy (non-hydrogen) atoms. The van der Waals surface area contributed by atoms with Gasteiger partial charge in [-0.15, -0.1) is 6.58 Å². The fourth-order valence-corrected chi connectivity index (χ4v) is 4.25. The smallest absolute Gasteiger partial charge is 0.407 e. The predicted octanol–water partition coefficient (Wildman–Crippen LogP) is 1.58.